The summed E-state index contributed by atoms with van der Waals surface area (Å²) in [6.07, 6.45) is 1.68. The zero-order chi connectivity index (χ0) is 39.3. The fourth-order valence-corrected chi connectivity index (χ4v) is 5.16. The summed E-state index contributed by atoms with van der Waals surface area (Å²) in [5, 5.41) is 2.80. The van der Waals surface area contributed by atoms with Gasteiger partial charge in [0.25, 0.3) is 5.91 Å². The number of hydrogen-bond donors (Lipinski definition) is 1. The van der Waals surface area contributed by atoms with Crippen molar-refractivity contribution in [2.45, 2.75) is 33.6 Å². The first-order valence-corrected chi connectivity index (χ1v) is 17.5. The minimum Gasteiger partial charge on any atom is -0.496 e. The van der Waals surface area contributed by atoms with E-state index in [1.807, 2.05) is 13.8 Å². The molecule has 0 bridgehead atoms. The number of esters is 3. The van der Waals surface area contributed by atoms with Gasteiger partial charge in [0.1, 0.15) is 51.4 Å². The number of methoxy groups -OCH3 is 2. The number of benzene rings is 5. The molecule has 0 radical (unpaired) electrons. The first kappa shape index (κ1) is 39.4. The average Bonchev–Trinajstić information content (AvgIpc) is 3.20. The first-order valence-electron chi connectivity index (χ1n) is 17.5. The standard InChI is InChI=1S/C43H41NO11/c1-6-22-51-33-17-19-35(38(25-33)49-4)42(47)54-31-13-8-28(9-14-31)41(46)53-32-15-11-30(12-16-32)44-40(45)29-10-21-37(27(3)24-29)55-43(48)36-20-18-34(52-23-7-2)26-39(36)50-5/h8-21,24-26H,6-7,22-23H2,1-5H3,(H,44,45). The van der Waals surface area contributed by atoms with E-state index in [4.69, 9.17) is 33.2 Å². The fraction of sp³-hybridized carbons (Fsp3) is 0.209. The second-order valence-corrected chi connectivity index (χ2v) is 12.1. The quantitative estimate of drug-likeness (QED) is 0.0766. The van der Waals surface area contributed by atoms with Crippen LogP contribution in [0.15, 0.2) is 103 Å². The molecule has 0 unspecified atom stereocenters. The first-order chi connectivity index (χ1) is 26.6. The molecule has 0 aromatic heterocycles. The molecule has 5 rings (SSSR count). The summed E-state index contributed by atoms with van der Waals surface area (Å²) in [5.41, 5.74) is 2.05. The summed E-state index contributed by atoms with van der Waals surface area (Å²) in [4.78, 5) is 51.7. The predicted molar refractivity (Wildman–Crippen MR) is 204 cm³/mol. The molecule has 284 valence electrons. The molecule has 0 saturated heterocycles. The summed E-state index contributed by atoms with van der Waals surface area (Å²) in [5.74, 6) is 0.278. The molecule has 0 aliphatic carbocycles. The van der Waals surface area contributed by atoms with Crippen LogP contribution in [-0.4, -0.2) is 51.2 Å². The number of carbonyl (C=O) groups excluding carboxylic acids is 4. The highest BCUT2D eigenvalue weighted by atomic mass is 16.5. The molecule has 5 aromatic carbocycles. The van der Waals surface area contributed by atoms with Crippen LogP contribution in [0.25, 0.3) is 0 Å². The molecule has 0 heterocycles. The van der Waals surface area contributed by atoms with E-state index >= 15 is 0 Å². The highest BCUT2D eigenvalue weighted by molar-refractivity contribution is 6.04. The largest absolute Gasteiger partial charge is 0.496 e. The Morgan fingerprint density at radius 1 is 0.509 bits per heavy atom. The molecule has 0 atom stereocenters. The third-order valence-electron chi connectivity index (χ3n) is 7.99. The monoisotopic (exact) mass is 747 g/mol. The molecule has 0 spiro atoms. The van der Waals surface area contributed by atoms with E-state index in [2.05, 4.69) is 5.32 Å². The summed E-state index contributed by atoms with van der Waals surface area (Å²) < 4.78 is 38.5. The van der Waals surface area contributed by atoms with Gasteiger partial charge in [0.05, 0.1) is 33.0 Å². The minimum absolute atomic E-state index is 0.221. The van der Waals surface area contributed by atoms with E-state index in [9.17, 15) is 19.2 Å². The van der Waals surface area contributed by atoms with Crippen LogP contribution in [0.3, 0.4) is 0 Å². The number of rotatable bonds is 16. The third-order valence-corrected chi connectivity index (χ3v) is 7.99. The summed E-state index contributed by atoms with van der Waals surface area (Å²) in [6, 6.07) is 26.6. The molecule has 0 aliphatic heterocycles. The van der Waals surface area contributed by atoms with Crippen molar-refractivity contribution in [3.8, 4) is 40.2 Å². The Kier molecular flexibility index (Phi) is 13.5. The van der Waals surface area contributed by atoms with Crippen molar-refractivity contribution in [2.75, 3.05) is 32.8 Å². The minimum atomic E-state index is -0.633. The van der Waals surface area contributed by atoms with Gasteiger partial charge in [-0.1, -0.05) is 13.8 Å². The van der Waals surface area contributed by atoms with Crippen LogP contribution >= 0.6 is 0 Å². The van der Waals surface area contributed by atoms with Crippen LogP contribution in [0, 0.1) is 6.92 Å². The maximum atomic E-state index is 13.0. The number of anilines is 1. The topological polar surface area (TPSA) is 145 Å². The maximum Gasteiger partial charge on any atom is 0.347 e. The van der Waals surface area contributed by atoms with E-state index in [0.717, 1.165) is 12.8 Å². The fourth-order valence-electron chi connectivity index (χ4n) is 5.16. The Labute approximate surface area is 318 Å². The van der Waals surface area contributed by atoms with Crippen LogP contribution in [0.4, 0.5) is 5.69 Å². The molecule has 0 fully saturated rings. The smallest absolute Gasteiger partial charge is 0.347 e. The maximum absolute atomic E-state index is 13.0. The molecular weight excluding hydrogens is 706 g/mol. The highest BCUT2D eigenvalue weighted by Crippen LogP contribution is 2.29. The van der Waals surface area contributed by atoms with Gasteiger partial charge < -0.3 is 38.5 Å². The average molecular weight is 748 g/mol. The lowest BCUT2D eigenvalue weighted by Gasteiger charge is -2.13. The third kappa shape index (κ3) is 10.4. The van der Waals surface area contributed by atoms with Crippen LogP contribution < -0.4 is 38.5 Å². The van der Waals surface area contributed by atoms with E-state index in [1.165, 1.54) is 38.5 Å². The Morgan fingerprint density at radius 2 is 0.982 bits per heavy atom. The Balaban J connectivity index is 1.13. The Morgan fingerprint density at radius 3 is 1.49 bits per heavy atom. The number of hydrogen-bond acceptors (Lipinski definition) is 11. The van der Waals surface area contributed by atoms with Gasteiger partial charge in [-0.05, 0) is 116 Å². The predicted octanol–water partition coefficient (Wildman–Crippen LogP) is 8.50. The van der Waals surface area contributed by atoms with Crippen molar-refractivity contribution >= 4 is 29.5 Å². The molecule has 1 amide bonds. The van der Waals surface area contributed by atoms with Crippen molar-refractivity contribution in [3.63, 3.8) is 0 Å². The lowest BCUT2D eigenvalue weighted by atomic mass is 10.1. The second-order valence-electron chi connectivity index (χ2n) is 12.1. The van der Waals surface area contributed by atoms with Gasteiger partial charge in [-0.25, -0.2) is 14.4 Å². The van der Waals surface area contributed by atoms with E-state index in [1.54, 1.807) is 85.8 Å². The number of ether oxygens (including phenoxy) is 7. The lowest BCUT2D eigenvalue weighted by Crippen LogP contribution is -2.14. The molecule has 12 nitrogen and oxygen atoms in total. The zero-order valence-electron chi connectivity index (χ0n) is 31.1. The Hall–Kier alpha value is -6.82. The number of aryl methyl sites for hydroxylation is 1. The van der Waals surface area contributed by atoms with Gasteiger partial charge in [0.15, 0.2) is 0 Å². The van der Waals surface area contributed by atoms with Gasteiger partial charge in [-0.3, -0.25) is 4.79 Å². The molecule has 0 saturated carbocycles. The lowest BCUT2D eigenvalue weighted by molar-refractivity contribution is 0.0719. The zero-order valence-corrected chi connectivity index (χ0v) is 31.1. The second kappa shape index (κ2) is 18.8. The Bertz CT molecular complexity index is 2140. The van der Waals surface area contributed by atoms with Gasteiger partial charge >= 0.3 is 17.9 Å². The molecule has 5 aromatic rings. The number of nitrogens with one attached hydrogen (secondary N) is 1. The summed E-state index contributed by atoms with van der Waals surface area (Å²) in [6.45, 7) is 6.79. The normalized spacial score (nSPS) is 10.5. The van der Waals surface area contributed by atoms with Crippen molar-refractivity contribution in [1.82, 2.24) is 0 Å². The molecular formula is C43H41NO11. The van der Waals surface area contributed by atoms with Gasteiger partial charge in [0.2, 0.25) is 0 Å². The van der Waals surface area contributed by atoms with Crippen molar-refractivity contribution < 1.29 is 52.3 Å². The van der Waals surface area contributed by atoms with E-state index in [0.29, 0.717) is 53.0 Å². The molecule has 55 heavy (non-hydrogen) atoms. The highest BCUT2D eigenvalue weighted by Gasteiger charge is 2.19. The van der Waals surface area contributed by atoms with Gasteiger partial charge in [-0.2, -0.15) is 0 Å². The van der Waals surface area contributed by atoms with E-state index < -0.39 is 23.8 Å². The number of carbonyl (C=O) groups is 4. The van der Waals surface area contributed by atoms with Crippen LogP contribution in [-0.2, 0) is 0 Å². The SMILES string of the molecule is CCCOc1ccc(C(=O)Oc2ccc(C(=O)Oc3ccc(NC(=O)c4ccc(OC(=O)c5ccc(OCCC)cc5OC)c(C)c4)cc3)cc2)c(OC)c1. The summed E-state index contributed by atoms with van der Waals surface area (Å²) >= 11 is 0. The van der Waals surface area contributed by atoms with Crippen LogP contribution in [0.2, 0.25) is 0 Å². The van der Waals surface area contributed by atoms with Crippen molar-refractivity contribution in [1.29, 1.82) is 0 Å². The van der Waals surface area contributed by atoms with Crippen LogP contribution in [0.1, 0.15) is 73.7 Å². The van der Waals surface area contributed by atoms with Gasteiger partial charge in [-0.15, -0.1) is 0 Å². The van der Waals surface area contributed by atoms with E-state index in [-0.39, 0.29) is 33.9 Å². The molecule has 0 aliphatic rings. The van der Waals surface area contributed by atoms with Gasteiger partial charge in [0, 0.05) is 23.4 Å². The number of amides is 1. The molecule has 12 heteroatoms. The van der Waals surface area contributed by atoms with Crippen molar-refractivity contribution in [3.05, 3.63) is 131 Å². The van der Waals surface area contributed by atoms with Crippen LogP contribution in [0.5, 0.6) is 40.2 Å². The van der Waals surface area contributed by atoms with Crippen molar-refractivity contribution in [2.24, 2.45) is 0 Å². The molecule has 1 N–H and O–H groups in total. The summed E-state index contributed by atoms with van der Waals surface area (Å²) in [7, 11) is 2.91.